The number of carbonyl (C=O) groups excluding carboxylic acids is 3. The van der Waals surface area contributed by atoms with E-state index in [1.165, 1.54) is 0 Å². The first-order valence-electron chi connectivity index (χ1n) is 9.67. The molecule has 0 spiro atoms. The number of Topliss-reactive ketones (excluding diaryl/α,β-unsaturated/α-hetero) is 1. The van der Waals surface area contributed by atoms with Gasteiger partial charge in [-0.2, -0.15) is 0 Å². The lowest BCUT2D eigenvalue weighted by atomic mass is 9.96. The van der Waals surface area contributed by atoms with Gasteiger partial charge in [0, 0.05) is 29.2 Å². The average Bonchev–Trinajstić information content (AvgIpc) is 2.72. The number of hydrogen-bond donors (Lipinski definition) is 0. The largest absolute Gasteiger partial charge is 0.457 e. The van der Waals surface area contributed by atoms with Crippen LogP contribution in [0, 0.1) is 19.8 Å². The minimum absolute atomic E-state index is 0.0708. The van der Waals surface area contributed by atoms with E-state index in [1.54, 1.807) is 35.2 Å². The van der Waals surface area contributed by atoms with Crippen molar-refractivity contribution in [2.45, 2.75) is 26.7 Å². The lowest BCUT2D eigenvalue weighted by molar-refractivity contribution is -0.148. The lowest BCUT2D eigenvalue weighted by Crippen LogP contribution is -2.40. The first-order valence-corrected chi connectivity index (χ1v) is 10.0. The number of halogens is 1. The van der Waals surface area contributed by atoms with E-state index in [2.05, 4.69) is 0 Å². The molecule has 0 bridgehead atoms. The van der Waals surface area contributed by atoms with Crippen LogP contribution in [0.1, 0.15) is 44.7 Å². The van der Waals surface area contributed by atoms with Crippen LogP contribution in [0.3, 0.4) is 0 Å². The van der Waals surface area contributed by atoms with Gasteiger partial charge in [0.25, 0.3) is 5.91 Å². The Hall–Kier alpha value is -2.66. The maximum atomic E-state index is 12.5. The molecular formula is C23H24ClNO4. The maximum Gasteiger partial charge on any atom is 0.309 e. The lowest BCUT2D eigenvalue weighted by Gasteiger charge is -2.31. The third-order valence-corrected chi connectivity index (χ3v) is 5.49. The van der Waals surface area contributed by atoms with Crippen LogP contribution in [0.25, 0.3) is 0 Å². The highest BCUT2D eigenvalue weighted by Crippen LogP contribution is 2.21. The summed E-state index contributed by atoms with van der Waals surface area (Å²) in [4.78, 5) is 39.0. The third kappa shape index (κ3) is 5.24. The van der Waals surface area contributed by atoms with Gasteiger partial charge in [-0.15, -0.1) is 0 Å². The molecule has 1 aliphatic heterocycles. The number of likely N-dealkylation sites (tertiary alicyclic amines) is 1. The molecule has 2 aromatic rings. The van der Waals surface area contributed by atoms with Crippen molar-refractivity contribution in [3.8, 4) is 0 Å². The van der Waals surface area contributed by atoms with Crippen molar-refractivity contribution >= 4 is 29.3 Å². The van der Waals surface area contributed by atoms with Crippen LogP contribution in [0.2, 0.25) is 5.02 Å². The first kappa shape index (κ1) is 21.1. The number of ketones is 1. The number of rotatable bonds is 5. The molecule has 0 aliphatic carbocycles. The minimum atomic E-state index is -0.373. The summed E-state index contributed by atoms with van der Waals surface area (Å²) >= 11 is 5.86. The zero-order valence-electron chi connectivity index (χ0n) is 16.6. The van der Waals surface area contributed by atoms with Crippen molar-refractivity contribution in [2.75, 3.05) is 19.7 Å². The molecular weight excluding hydrogens is 390 g/mol. The van der Waals surface area contributed by atoms with Crippen LogP contribution in [-0.4, -0.2) is 42.3 Å². The molecule has 0 unspecified atom stereocenters. The first-order chi connectivity index (χ1) is 13.8. The third-order valence-electron chi connectivity index (χ3n) is 5.23. The Morgan fingerprint density at radius 3 is 2.31 bits per heavy atom. The fourth-order valence-electron chi connectivity index (χ4n) is 3.55. The van der Waals surface area contributed by atoms with Crippen molar-refractivity contribution in [3.05, 3.63) is 69.7 Å². The van der Waals surface area contributed by atoms with Crippen LogP contribution in [0.5, 0.6) is 0 Å². The number of nitrogens with zero attached hydrogens (tertiary/aromatic N) is 1. The van der Waals surface area contributed by atoms with Crippen LogP contribution in [0.4, 0.5) is 0 Å². The number of hydrogen-bond acceptors (Lipinski definition) is 4. The van der Waals surface area contributed by atoms with Crippen molar-refractivity contribution in [1.29, 1.82) is 0 Å². The van der Waals surface area contributed by atoms with Gasteiger partial charge in [-0.3, -0.25) is 14.4 Å². The van der Waals surface area contributed by atoms with E-state index in [0.717, 1.165) is 11.1 Å². The maximum absolute atomic E-state index is 12.5. The average molecular weight is 414 g/mol. The second-order valence-corrected chi connectivity index (χ2v) is 7.86. The van der Waals surface area contributed by atoms with Crippen molar-refractivity contribution in [1.82, 2.24) is 4.90 Å². The Morgan fingerprint density at radius 1 is 1.03 bits per heavy atom. The molecule has 1 saturated heterocycles. The van der Waals surface area contributed by atoms with Gasteiger partial charge in [0.1, 0.15) is 0 Å². The Morgan fingerprint density at radius 2 is 1.69 bits per heavy atom. The highest BCUT2D eigenvalue weighted by Gasteiger charge is 2.29. The van der Waals surface area contributed by atoms with Crippen molar-refractivity contribution in [2.24, 2.45) is 5.92 Å². The molecule has 2 aromatic carbocycles. The van der Waals surface area contributed by atoms with Gasteiger partial charge in [-0.25, -0.2) is 0 Å². The summed E-state index contributed by atoms with van der Waals surface area (Å²) in [7, 11) is 0. The quantitative estimate of drug-likeness (QED) is 0.543. The summed E-state index contributed by atoms with van der Waals surface area (Å²) in [5.41, 5.74) is 3.11. The molecule has 1 aliphatic rings. The minimum Gasteiger partial charge on any atom is -0.457 e. The molecule has 152 valence electrons. The number of carbonyl (C=O) groups is 3. The molecule has 0 atom stereocenters. The molecule has 1 fully saturated rings. The molecule has 0 aromatic heterocycles. The van der Waals surface area contributed by atoms with Gasteiger partial charge < -0.3 is 9.64 Å². The van der Waals surface area contributed by atoms with E-state index in [1.807, 2.05) is 26.0 Å². The highest BCUT2D eigenvalue weighted by atomic mass is 35.5. The molecule has 1 amide bonds. The van der Waals surface area contributed by atoms with Gasteiger partial charge in [-0.05, 0) is 56.5 Å². The van der Waals surface area contributed by atoms with Crippen LogP contribution >= 0.6 is 11.6 Å². The SMILES string of the molecule is Cc1ccc(C(=O)COC(=O)C2CCN(C(=O)c3ccc(Cl)cc3)CC2)c(C)c1. The monoisotopic (exact) mass is 413 g/mol. The number of aryl methyl sites for hydroxylation is 2. The standard InChI is InChI=1S/C23H24ClNO4/c1-15-3-8-20(16(2)13-15)21(26)14-29-23(28)18-9-11-25(12-10-18)22(27)17-4-6-19(24)7-5-17/h3-8,13,18H,9-12,14H2,1-2H3. The summed E-state index contributed by atoms with van der Waals surface area (Å²) in [5.74, 6) is -0.942. The number of amides is 1. The van der Waals surface area contributed by atoms with Crippen molar-refractivity contribution < 1.29 is 19.1 Å². The fraction of sp³-hybridized carbons (Fsp3) is 0.348. The highest BCUT2D eigenvalue weighted by molar-refractivity contribution is 6.30. The molecule has 6 heteroatoms. The Labute approximate surface area is 175 Å². The molecule has 0 N–H and O–H groups in total. The number of ether oxygens (including phenoxy) is 1. The van der Waals surface area contributed by atoms with E-state index in [-0.39, 0.29) is 30.2 Å². The van der Waals surface area contributed by atoms with Gasteiger partial charge in [0.2, 0.25) is 5.78 Å². The smallest absolute Gasteiger partial charge is 0.309 e. The predicted octanol–water partition coefficient (Wildman–Crippen LogP) is 4.24. The summed E-state index contributed by atoms with van der Waals surface area (Å²) in [6.45, 7) is 4.53. The normalized spacial score (nSPS) is 14.5. The van der Waals surface area contributed by atoms with Gasteiger partial charge >= 0.3 is 5.97 Å². The topological polar surface area (TPSA) is 63.7 Å². The van der Waals surface area contributed by atoms with Gasteiger partial charge in [0.15, 0.2) is 6.61 Å². The molecule has 0 saturated carbocycles. The summed E-state index contributed by atoms with van der Waals surface area (Å²) in [6.07, 6.45) is 1.05. The Bertz CT molecular complexity index is 915. The number of piperidine rings is 1. The van der Waals surface area contributed by atoms with E-state index >= 15 is 0 Å². The summed E-state index contributed by atoms with van der Waals surface area (Å²) in [6, 6.07) is 12.3. The molecule has 5 nitrogen and oxygen atoms in total. The molecule has 3 rings (SSSR count). The Balaban J connectivity index is 1.49. The van der Waals surface area contributed by atoms with Gasteiger partial charge in [-0.1, -0.05) is 35.4 Å². The summed E-state index contributed by atoms with van der Waals surface area (Å²) < 4.78 is 5.27. The van der Waals surface area contributed by atoms with E-state index < -0.39 is 0 Å². The number of benzene rings is 2. The second kappa shape index (κ2) is 9.23. The number of esters is 1. The molecule has 29 heavy (non-hydrogen) atoms. The van der Waals surface area contributed by atoms with Crippen LogP contribution < -0.4 is 0 Å². The summed E-state index contributed by atoms with van der Waals surface area (Å²) in [5, 5.41) is 0.582. The second-order valence-electron chi connectivity index (χ2n) is 7.42. The zero-order chi connectivity index (χ0) is 21.0. The predicted molar refractivity (Wildman–Crippen MR) is 111 cm³/mol. The zero-order valence-corrected chi connectivity index (χ0v) is 17.4. The van der Waals surface area contributed by atoms with E-state index in [0.29, 0.717) is 42.1 Å². The van der Waals surface area contributed by atoms with Crippen LogP contribution in [0.15, 0.2) is 42.5 Å². The van der Waals surface area contributed by atoms with E-state index in [4.69, 9.17) is 16.3 Å². The fourth-order valence-corrected chi connectivity index (χ4v) is 3.68. The van der Waals surface area contributed by atoms with Crippen molar-refractivity contribution in [3.63, 3.8) is 0 Å². The van der Waals surface area contributed by atoms with Gasteiger partial charge in [0.05, 0.1) is 5.92 Å². The van der Waals surface area contributed by atoms with E-state index in [9.17, 15) is 14.4 Å². The molecule has 0 radical (unpaired) electrons. The Kier molecular flexibility index (Phi) is 6.70. The van der Waals surface area contributed by atoms with Crippen LogP contribution in [-0.2, 0) is 9.53 Å². The molecule has 1 heterocycles.